The first-order valence-corrected chi connectivity index (χ1v) is 7.37. The number of hydrogen-bond acceptors (Lipinski definition) is 3. The van der Waals surface area contributed by atoms with Crippen LogP contribution in [0.1, 0.15) is 38.3 Å². The van der Waals surface area contributed by atoms with E-state index in [2.05, 4.69) is 30.9 Å². The van der Waals surface area contributed by atoms with E-state index in [0.717, 1.165) is 19.6 Å². The third-order valence-corrected chi connectivity index (χ3v) is 3.98. The van der Waals surface area contributed by atoms with Gasteiger partial charge in [-0.1, -0.05) is 37.3 Å². The van der Waals surface area contributed by atoms with Crippen molar-refractivity contribution in [2.75, 3.05) is 13.2 Å². The van der Waals surface area contributed by atoms with Gasteiger partial charge in [0.1, 0.15) is 0 Å². The van der Waals surface area contributed by atoms with Crippen LogP contribution in [0.5, 0.6) is 0 Å². The zero-order valence-corrected chi connectivity index (χ0v) is 12.4. The van der Waals surface area contributed by atoms with Crippen LogP contribution in [0.15, 0.2) is 30.3 Å². The molecule has 2 rings (SSSR count). The van der Waals surface area contributed by atoms with Crippen molar-refractivity contribution < 1.29 is 4.74 Å². The van der Waals surface area contributed by atoms with Crippen molar-refractivity contribution in [1.29, 1.82) is 5.41 Å². The van der Waals surface area contributed by atoms with Gasteiger partial charge in [0, 0.05) is 25.0 Å². The Bertz CT molecular complexity index is 435. The quantitative estimate of drug-likeness (QED) is 0.641. The van der Waals surface area contributed by atoms with Crippen LogP contribution < -0.4 is 5.73 Å². The molecule has 1 saturated heterocycles. The molecule has 4 heteroatoms. The van der Waals surface area contributed by atoms with Gasteiger partial charge in [-0.05, 0) is 18.9 Å². The highest BCUT2D eigenvalue weighted by molar-refractivity contribution is 5.77. The number of benzene rings is 1. The minimum absolute atomic E-state index is 0.171. The molecule has 1 aromatic carbocycles. The Morgan fingerprint density at radius 1 is 1.45 bits per heavy atom. The maximum absolute atomic E-state index is 7.69. The lowest BCUT2D eigenvalue weighted by Gasteiger charge is -2.43. The molecule has 1 aliphatic heterocycles. The lowest BCUT2D eigenvalue weighted by atomic mass is 9.97. The second-order valence-electron chi connectivity index (χ2n) is 5.56. The fourth-order valence-electron chi connectivity index (χ4n) is 2.91. The van der Waals surface area contributed by atoms with Gasteiger partial charge in [-0.2, -0.15) is 0 Å². The van der Waals surface area contributed by atoms with Crippen LogP contribution in [0.2, 0.25) is 0 Å². The molecular weight excluding hydrogens is 250 g/mol. The van der Waals surface area contributed by atoms with Crippen LogP contribution in [0.3, 0.4) is 0 Å². The lowest BCUT2D eigenvalue weighted by molar-refractivity contribution is -0.0723. The van der Waals surface area contributed by atoms with E-state index >= 15 is 0 Å². The Morgan fingerprint density at radius 3 is 2.75 bits per heavy atom. The molecule has 3 atom stereocenters. The topological polar surface area (TPSA) is 62.3 Å². The summed E-state index contributed by atoms with van der Waals surface area (Å²) in [7, 11) is 0. The molecule has 4 nitrogen and oxygen atoms in total. The molecule has 0 amide bonds. The van der Waals surface area contributed by atoms with Crippen molar-refractivity contribution >= 4 is 5.84 Å². The Hall–Kier alpha value is -1.39. The molecule has 3 N–H and O–H groups in total. The van der Waals surface area contributed by atoms with E-state index in [1.165, 1.54) is 5.56 Å². The molecular formula is C16H25N3O. The molecule has 0 saturated carbocycles. The van der Waals surface area contributed by atoms with Crippen molar-refractivity contribution in [3.8, 4) is 0 Å². The summed E-state index contributed by atoms with van der Waals surface area (Å²) in [6.45, 7) is 5.95. The largest absolute Gasteiger partial charge is 0.388 e. The molecule has 0 aromatic heterocycles. The number of ether oxygens (including phenoxy) is 1. The van der Waals surface area contributed by atoms with E-state index in [1.807, 2.05) is 18.2 Å². The third kappa shape index (κ3) is 3.58. The van der Waals surface area contributed by atoms with Gasteiger partial charge in [0.05, 0.1) is 18.5 Å². The number of morpholine rings is 1. The van der Waals surface area contributed by atoms with E-state index in [9.17, 15) is 0 Å². The molecule has 1 aromatic rings. The van der Waals surface area contributed by atoms with Crippen LogP contribution in [0.25, 0.3) is 0 Å². The smallest absolute Gasteiger partial charge is 0.0924 e. The molecule has 3 unspecified atom stereocenters. The van der Waals surface area contributed by atoms with Crippen molar-refractivity contribution in [3.63, 3.8) is 0 Å². The third-order valence-electron chi connectivity index (χ3n) is 3.98. The van der Waals surface area contributed by atoms with E-state index in [0.29, 0.717) is 12.5 Å². The number of nitrogens with two attached hydrogens (primary N) is 1. The van der Waals surface area contributed by atoms with Gasteiger partial charge in [-0.25, -0.2) is 0 Å². The average molecular weight is 275 g/mol. The standard InChI is InChI=1S/C16H25N3O/c1-3-14-11-20-12(2)10-19(14)15(9-16(17)18)13-7-5-4-6-8-13/h4-8,12,14-15H,3,9-11H2,1-2H3,(H3,17,18). The second kappa shape index (κ2) is 6.86. The predicted molar refractivity (Wildman–Crippen MR) is 81.9 cm³/mol. The molecule has 0 bridgehead atoms. The maximum atomic E-state index is 7.69. The van der Waals surface area contributed by atoms with Gasteiger partial charge in [0.2, 0.25) is 0 Å². The SMILES string of the molecule is CCC1COC(C)CN1C(CC(=N)N)c1ccccc1. The number of rotatable bonds is 5. The van der Waals surface area contributed by atoms with Crippen molar-refractivity contribution in [3.05, 3.63) is 35.9 Å². The molecule has 0 radical (unpaired) electrons. The fourth-order valence-corrected chi connectivity index (χ4v) is 2.91. The zero-order chi connectivity index (χ0) is 14.5. The monoisotopic (exact) mass is 275 g/mol. The van der Waals surface area contributed by atoms with Crippen LogP contribution in [-0.4, -0.2) is 36.0 Å². The summed E-state index contributed by atoms with van der Waals surface area (Å²) >= 11 is 0. The first-order chi connectivity index (χ1) is 9.61. The molecule has 110 valence electrons. The summed E-state index contributed by atoms with van der Waals surface area (Å²) in [6, 6.07) is 10.9. The summed E-state index contributed by atoms with van der Waals surface area (Å²) < 4.78 is 5.78. The Morgan fingerprint density at radius 2 is 2.15 bits per heavy atom. The van der Waals surface area contributed by atoms with Gasteiger partial charge in [-0.15, -0.1) is 0 Å². The summed E-state index contributed by atoms with van der Waals surface area (Å²) in [5.74, 6) is 0.243. The molecule has 20 heavy (non-hydrogen) atoms. The Labute approximate surface area is 121 Å². The summed E-state index contributed by atoms with van der Waals surface area (Å²) in [6.07, 6.45) is 1.86. The summed E-state index contributed by atoms with van der Waals surface area (Å²) in [5, 5.41) is 7.69. The molecule has 1 aliphatic rings. The van der Waals surface area contributed by atoms with Crippen LogP contribution in [-0.2, 0) is 4.74 Å². The van der Waals surface area contributed by atoms with Crippen molar-refractivity contribution in [2.24, 2.45) is 5.73 Å². The molecule has 1 fully saturated rings. The Balaban J connectivity index is 2.26. The number of nitrogens with zero attached hydrogens (tertiary/aromatic N) is 1. The van der Waals surface area contributed by atoms with Gasteiger partial charge < -0.3 is 10.5 Å². The molecule has 0 aliphatic carbocycles. The van der Waals surface area contributed by atoms with Crippen LogP contribution in [0, 0.1) is 5.41 Å². The van der Waals surface area contributed by atoms with Crippen molar-refractivity contribution in [1.82, 2.24) is 4.90 Å². The zero-order valence-electron chi connectivity index (χ0n) is 12.4. The minimum atomic E-state index is 0.171. The minimum Gasteiger partial charge on any atom is -0.388 e. The van der Waals surface area contributed by atoms with Gasteiger partial charge in [0.25, 0.3) is 0 Å². The van der Waals surface area contributed by atoms with Gasteiger partial charge >= 0.3 is 0 Å². The lowest BCUT2D eigenvalue weighted by Crippen LogP contribution is -2.50. The van der Waals surface area contributed by atoms with Crippen LogP contribution in [0.4, 0.5) is 0 Å². The van der Waals surface area contributed by atoms with Crippen LogP contribution >= 0.6 is 0 Å². The Kier molecular flexibility index (Phi) is 5.15. The van der Waals surface area contributed by atoms with E-state index in [-0.39, 0.29) is 18.0 Å². The summed E-state index contributed by atoms with van der Waals surface area (Å²) in [5.41, 5.74) is 6.92. The highest BCUT2D eigenvalue weighted by Crippen LogP contribution is 2.30. The first-order valence-electron chi connectivity index (χ1n) is 7.37. The predicted octanol–water partition coefficient (Wildman–Crippen LogP) is 2.55. The highest BCUT2D eigenvalue weighted by atomic mass is 16.5. The second-order valence-corrected chi connectivity index (χ2v) is 5.56. The molecule has 1 heterocycles. The van der Waals surface area contributed by atoms with Crippen molar-refractivity contribution in [2.45, 2.75) is 44.9 Å². The number of hydrogen-bond donors (Lipinski definition) is 2. The van der Waals surface area contributed by atoms with E-state index in [1.54, 1.807) is 0 Å². The average Bonchev–Trinajstić information content (AvgIpc) is 2.45. The highest BCUT2D eigenvalue weighted by Gasteiger charge is 2.32. The number of amidine groups is 1. The molecule has 0 spiro atoms. The van der Waals surface area contributed by atoms with E-state index in [4.69, 9.17) is 15.9 Å². The summed E-state index contributed by atoms with van der Waals surface area (Å²) in [4.78, 5) is 2.46. The normalized spacial score (nSPS) is 25.3. The fraction of sp³-hybridized carbons (Fsp3) is 0.562. The van der Waals surface area contributed by atoms with Gasteiger partial charge in [0.15, 0.2) is 0 Å². The van der Waals surface area contributed by atoms with E-state index < -0.39 is 0 Å². The number of nitrogens with one attached hydrogen (secondary N) is 1. The first kappa shape index (κ1) is 15.0. The van der Waals surface area contributed by atoms with Gasteiger partial charge in [-0.3, -0.25) is 10.3 Å². The maximum Gasteiger partial charge on any atom is 0.0924 e.